The summed E-state index contributed by atoms with van der Waals surface area (Å²) in [6.07, 6.45) is 2.00. The Hall–Kier alpha value is -2.43. The topological polar surface area (TPSA) is 76.0 Å². The molecule has 0 amide bonds. The largest absolute Gasteiger partial charge is 0.337 e. The third-order valence-electron chi connectivity index (χ3n) is 3.68. The van der Waals surface area contributed by atoms with Crippen molar-refractivity contribution in [2.24, 2.45) is 0 Å². The van der Waals surface area contributed by atoms with E-state index in [1.54, 1.807) is 0 Å². The van der Waals surface area contributed by atoms with Crippen LogP contribution in [0.15, 0.2) is 35.1 Å². The Morgan fingerprint density at radius 3 is 2.39 bits per heavy atom. The first-order valence-electron chi connectivity index (χ1n) is 7.66. The zero-order chi connectivity index (χ0) is 17.0. The quantitative estimate of drug-likeness (QED) is 0.677. The van der Waals surface area contributed by atoms with Gasteiger partial charge in [-0.05, 0) is 24.8 Å². The molecule has 121 valence electrons. The molecule has 0 unspecified atom stereocenters. The van der Waals surface area contributed by atoms with E-state index >= 15 is 0 Å². The summed E-state index contributed by atoms with van der Waals surface area (Å²) in [5.41, 5.74) is 0.820. The van der Waals surface area contributed by atoms with Crippen LogP contribution in [0.1, 0.15) is 44.0 Å². The van der Waals surface area contributed by atoms with Crippen molar-refractivity contribution in [2.45, 2.75) is 45.4 Å². The molecule has 0 aliphatic heterocycles. The lowest BCUT2D eigenvalue weighted by atomic mass is 9.90. The van der Waals surface area contributed by atoms with E-state index in [-0.39, 0.29) is 11.1 Å². The Labute approximate surface area is 135 Å². The van der Waals surface area contributed by atoms with E-state index in [0.717, 1.165) is 12.8 Å². The van der Waals surface area contributed by atoms with E-state index in [9.17, 15) is 14.9 Å². The second-order valence-electron chi connectivity index (χ2n) is 6.63. The van der Waals surface area contributed by atoms with Gasteiger partial charge in [0.15, 0.2) is 0 Å². The van der Waals surface area contributed by atoms with Gasteiger partial charge in [0.05, 0.1) is 4.92 Å². The van der Waals surface area contributed by atoms with Crippen molar-refractivity contribution < 1.29 is 4.92 Å². The number of rotatable bonds is 5. The van der Waals surface area contributed by atoms with E-state index in [1.165, 1.54) is 5.56 Å². The van der Waals surface area contributed by atoms with E-state index in [4.69, 9.17) is 0 Å². The number of pyridine rings is 1. The minimum absolute atomic E-state index is 0.317. The number of nitrogens with zero attached hydrogens (tertiary/aromatic N) is 1. The molecule has 5 heteroatoms. The number of aromatic amines is 1. The molecule has 1 aromatic carbocycles. The summed E-state index contributed by atoms with van der Waals surface area (Å²) in [7, 11) is 0. The van der Waals surface area contributed by atoms with Crippen LogP contribution in [-0.2, 0) is 18.3 Å². The molecule has 0 aliphatic rings. The summed E-state index contributed by atoms with van der Waals surface area (Å²) in [5, 5.41) is 11.2. The highest BCUT2D eigenvalue weighted by molar-refractivity contribution is 5.39. The van der Waals surface area contributed by atoms with Gasteiger partial charge in [-0.3, -0.25) is 14.9 Å². The van der Waals surface area contributed by atoms with Gasteiger partial charge in [0.25, 0.3) is 0 Å². The van der Waals surface area contributed by atoms with Crippen LogP contribution in [0.2, 0.25) is 0 Å². The van der Waals surface area contributed by atoms with Crippen molar-refractivity contribution in [2.75, 3.05) is 0 Å². The molecule has 5 nitrogen and oxygen atoms in total. The molecule has 1 radical (unpaired) electrons. The van der Waals surface area contributed by atoms with Gasteiger partial charge in [-0.15, -0.1) is 0 Å². The summed E-state index contributed by atoms with van der Waals surface area (Å²) in [6, 6.07) is 13.0. The van der Waals surface area contributed by atoms with Crippen molar-refractivity contribution in [1.82, 2.24) is 4.98 Å². The van der Waals surface area contributed by atoms with E-state index in [0.29, 0.717) is 17.7 Å². The molecule has 0 bridgehead atoms. The number of nitro groups is 1. The molecule has 0 saturated heterocycles. The number of benzene rings is 1. The highest BCUT2D eigenvalue weighted by Gasteiger charge is 2.24. The molecule has 0 atom stereocenters. The lowest BCUT2D eigenvalue weighted by Gasteiger charge is -2.18. The molecule has 2 rings (SSSR count). The van der Waals surface area contributed by atoms with Crippen LogP contribution in [0, 0.1) is 16.2 Å². The van der Waals surface area contributed by atoms with Gasteiger partial charge in [0.1, 0.15) is 0 Å². The van der Waals surface area contributed by atoms with Crippen LogP contribution >= 0.6 is 0 Å². The van der Waals surface area contributed by atoms with E-state index < -0.39 is 10.5 Å². The highest BCUT2D eigenvalue weighted by atomic mass is 16.6. The average Bonchev–Trinajstić information content (AvgIpc) is 2.46. The number of hydrogen-bond donors (Lipinski definition) is 1. The molecule has 0 spiro atoms. The van der Waals surface area contributed by atoms with Crippen molar-refractivity contribution in [3.8, 4) is 0 Å². The Morgan fingerprint density at radius 1 is 1.17 bits per heavy atom. The van der Waals surface area contributed by atoms with Gasteiger partial charge in [-0.1, -0.05) is 51.1 Å². The van der Waals surface area contributed by atoms with Gasteiger partial charge in [-0.2, -0.15) is 0 Å². The summed E-state index contributed by atoms with van der Waals surface area (Å²) in [5.74, 6) is 0. The average molecular weight is 313 g/mol. The second kappa shape index (κ2) is 6.77. The van der Waals surface area contributed by atoms with Crippen molar-refractivity contribution >= 4 is 5.69 Å². The lowest BCUT2D eigenvalue weighted by Crippen LogP contribution is -2.23. The standard InChI is InChI=1S/C18H21N2O3/c1-18(2,3)15-12-14(16(20(22)23)17(21)19-15)11-7-10-13-8-5-4-6-9-13/h4-6,8-9H,7,10-11H2,1-3H3,(H,19,21). The van der Waals surface area contributed by atoms with Crippen LogP contribution < -0.4 is 5.56 Å². The number of aromatic nitrogens is 1. The molecule has 1 N–H and O–H groups in total. The molecule has 1 aromatic heterocycles. The Bertz CT molecular complexity index is 743. The van der Waals surface area contributed by atoms with Crippen LogP contribution in [-0.4, -0.2) is 9.91 Å². The molecule has 1 heterocycles. The fourth-order valence-electron chi connectivity index (χ4n) is 2.41. The molecule has 0 saturated carbocycles. The Morgan fingerprint density at radius 2 is 1.83 bits per heavy atom. The van der Waals surface area contributed by atoms with E-state index in [2.05, 4.69) is 11.1 Å². The fourth-order valence-corrected chi connectivity index (χ4v) is 2.41. The maximum absolute atomic E-state index is 12.1. The summed E-state index contributed by atoms with van der Waals surface area (Å²) < 4.78 is 0. The zero-order valence-electron chi connectivity index (χ0n) is 13.7. The first-order valence-corrected chi connectivity index (χ1v) is 7.66. The monoisotopic (exact) mass is 313 g/mol. The van der Waals surface area contributed by atoms with Crippen LogP contribution in [0.3, 0.4) is 0 Å². The third-order valence-corrected chi connectivity index (χ3v) is 3.68. The third kappa shape index (κ3) is 4.28. The van der Waals surface area contributed by atoms with Crippen molar-refractivity contribution in [3.63, 3.8) is 0 Å². The lowest BCUT2D eigenvalue weighted by molar-refractivity contribution is -0.387. The first-order chi connectivity index (χ1) is 10.8. The normalized spacial score (nSPS) is 11.4. The first kappa shape index (κ1) is 16.9. The Balaban J connectivity index is 2.26. The molecule has 23 heavy (non-hydrogen) atoms. The summed E-state index contributed by atoms with van der Waals surface area (Å²) >= 11 is 0. The predicted molar refractivity (Wildman–Crippen MR) is 89.7 cm³/mol. The number of aryl methyl sites for hydroxylation is 2. The van der Waals surface area contributed by atoms with Crippen molar-refractivity contribution in [3.05, 3.63) is 73.7 Å². The SMILES string of the molecule is CC(C)(C)c1[c]c(CCCc2ccccc2)c([N+](=O)[O-])c(=O)[nH]1. The van der Waals surface area contributed by atoms with Gasteiger partial charge < -0.3 is 4.98 Å². The Kier molecular flexibility index (Phi) is 4.98. The fraction of sp³-hybridized carbons (Fsp3) is 0.389. The molecule has 0 fully saturated rings. The molecule has 0 aliphatic carbocycles. The summed E-state index contributed by atoms with van der Waals surface area (Å²) in [4.78, 5) is 25.2. The van der Waals surface area contributed by atoms with Gasteiger partial charge in [-0.25, -0.2) is 0 Å². The van der Waals surface area contributed by atoms with Gasteiger partial charge >= 0.3 is 11.2 Å². The van der Waals surface area contributed by atoms with Crippen LogP contribution in [0.5, 0.6) is 0 Å². The van der Waals surface area contributed by atoms with Crippen LogP contribution in [0.25, 0.3) is 0 Å². The maximum atomic E-state index is 12.1. The maximum Gasteiger partial charge on any atom is 0.337 e. The number of H-pyrrole nitrogens is 1. The minimum Gasteiger partial charge on any atom is -0.319 e. The van der Waals surface area contributed by atoms with Gasteiger partial charge in [0, 0.05) is 22.7 Å². The molecular weight excluding hydrogens is 292 g/mol. The number of hydrogen-bond acceptors (Lipinski definition) is 3. The minimum atomic E-state index is -0.645. The van der Waals surface area contributed by atoms with Crippen LogP contribution in [0.4, 0.5) is 5.69 Å². The van der Waals surface area contributed by atoms with E-state index in [1.807, 2.05) is 51.1 Å². The molecule has 2 aromatic rings. The second-order valence-corrected chi connectivity index (χ2v) is 6.63. The zero-order valence-corrected chi connectivity index (χ0v) is 13.7. The highest BCUT2D eigenvalue weighted by Crippen LogP contribution is 2.23. The van der Waals surface area contributed by atoms with Crippen molar-refractivity contribution in [1.29, 1.82) is 0 Å². The molecular formula is C18H21N2O3. The number of nitrogens with one attached hydrogen (secondary N) is 1. The van der Waals surface area contributed by atoms with Gasteiger partial charge in [0.2, 0.25) is 0 Å². The smallest absolute Gasteiger partial charge is 0.319 e. The predicted octanol–water partition coefficient (Wildman–Crippen LogP) is 3.56. The summed E-state index contributed by atoms with van der Waals surface area (Å²) in [6.45, 7) is 5.82.